The van der Waals surface area contributed by atoms with E-state index in [1.165, 1.54) is 31.2 Å². The monoisotopic (exact) mass is 246 g/mol. The van der Waals surface area contributed by atoms with Gasteiger partial charge in [0.25, 0.3) is 0 Å². The van der Waals surface area contributed by atoms with E-state index in [-0.39, 0.29) is 11.6 Å². The highest BCUT2D eigenvalue weighted by Crippen LogP contribution is 2.43. The van der Waals surface area contributed by atoms with Crippen molar-refractivity contribution in [2.24, 2.45) is 5.73 Å². The molecule has 1 aromatic rings. The summed E-state index contributed by atoms with van der Waals surface area (Å²) in [4.78, 5) is 2.58. The third kappa shape index (κ3) is 2.32. The topological polar surface area (TPSA) is 29.3 Å². The summed E-state index contributed by atoms with van der Waals surface area (Å²) in [6.07, 6.45) is 5.11. The van der Waals surface area contributed by atoms with Gasteiger partial charge in [-0.2, -0.15) is 0 Å². The van der Waals surface area contributed by atoms with E-state index in [9.17, 15) is 0 Å². The molecule has 0 radical (unpaired) electrons. The minimum atomic E-state index is 0.140. The lowest BCUT2D eigenvalue weighted by Crippen LogP contribution is -2.53. The van der Waals surface area contributed by atoms with Crippen LogP contribution in [0.25, 0.3) is 0 Å². The molecule has 1 aromatic carbocycles. The molecule has 1 saturated carbocycles. The fraction of sp³-hybridized carbons (Fsp3) is 0.625. The first kappa shape index (κ1) is 13.6. The summed E-state index contributed by atoms with van der Waals surface area (Å²) in [7, 11) is 0. The molecular weight excluding hydrogens is 220 g/mol. The van der Waals surface area contributed by atoms with Gasteiger partial charge in [-0.05, 0) is 31.5 Å². The van der Waals surface area contributed by atoms with E-state index in [0.717, 1.165) is 13.1 Å². The van der Waals surface area contributed by atoms with Crippen molar-refractivity contribution in [1.82, 2.24) is 4.90 Å². The summed E-state index contributed by atoms with van der Waals surface area (Å²) in [5.41, 5.74) is 8.11. The van der Waals surface area contributed by atoms with Crippen LogP contribution in [0.3, 0.4) is 0 Å². The molecule has 2 rings (SSSR count). The third-order valence-electron chi connectivity index (χ3n) is 4.60. The van der Waals surface area contributed by atoms with Crippen molar-refractivity contribution in [3.63, 3.8) is 0 Å². The van der Waals surface area contributed by atoms with Crippen LogP contribution in [-0.4, -0.2) is 23.5 Å². The fourth-order valence-electron chi connectivity index (χ4n) is 3.64. The summed E-state index contributed by atoms with van der Waals surface area (Å²) in [5.74, 6) is 0. The van der Waals surface area contributed by atoms with Gasteiger partial charge in [-0.1, -0.05) is 57.0 Å². The molecular formula is C16H26N2. The van der Waals surface area contributed by atoms with Gasteiger partial charge < -0.3 is 5.73 Å². The van der Waals surface area contributed by atoms with E-state index in [1.54, 1.807) is 0 Å². The van der Waals surface area contributed by atoms with Crippen molar-refractivity contribution in [2.45, 2.75) is 51.1 Å². The molecule has 0 aliphatic heterocycles. The maximum atomic E-state index is 6.65. The highest BCUT2D eigenvalue weighted by Gasteiger charge is 2.43. The zero-order valence-electron chi connectivity index (χ0n) is 11.7. The molecule has 0 heterocycles. The van der Waals surface area contributed by atoms with Crippen molar-refractivity contribution < 1.29 is 0 Å². The van der Waals surface area contributed by atoms with Gasteiger partial charge in [-0.25, -0.2) is 0 Å². The number of likely N-dealkylation sites (N-methyl/N-ethyl adjacent to an activating group) is 1. The average molecular weight is 246 g/mol. The number of nitrogens with zero attached hydrogens (tertiary/aromatic N) is 1. The summed E-state index contributed by atoms with van der Waals surface area (Å²) in [6, 6.07) is 10.7. The van der Waals surface area contributed by atoms with E-state index in [0.29, 0.717) is 0 Å². The highest BCUT2D eigenvalue weighted by molar-refractivity contribution is 5.24. The van der Waals surface area contributed by atoms with Gasteiger partial charge in [0.1, 0.15) is 0 Å². The van der Waals surface area contributed by atoms with E-state index in [4.69, 9.17) is 5.73 Å². The maximum absolute atomic E-state index is 6.65. The molecule has 100 valence electrons. The van der Waals surface area contributed by atoms with E-state index < -0.39 is 0 Å². The van der Waals surface area contributed by atoms with Crippen LogP contribution in [0.4, 0.5) is 0 Å². The number of benzene rings is 1. The van der Waals surface area contributed by atoms with Crippen molar-refractivity contribution in [3.05, 3.63) is 35.9 Å². The molecule has 2 nitrogen and oxygen atoms in total. The molecule has 18 heavy (non-hydrogen) atoms. The Morgan fingerprint density at radius 1 is 1.11 bits per heavy atom. The second-order valence-corrected chi connectivity index (χ2v) is 5.37. The molecule has 2 heteroatoms. The van der Waals surface area contributed by atoms with Gasteiger partial charge in [-0.3, -0.25) is 4.90 Å². The normalized spacial score (nSPS) is 20.2. The third-order valence-corrected chi connectivity index (χ3v) is 4.60. The zero-order valence-corrected chi connectivity index (χ0v) is 11.7. The summed E-state index contributed by atoms with van der Waals surface area (Å²) in [6.45, 7) is 6.69. The summed E-state index contributed by atoms with van der Waals surface area (Å²) in [5, 5.41) is 0. The second kappa shape index (κ2) is 5.85. The van der Waals surface area contributed by atoms with E-state index >= 15 is 0 Å². The van der Waals surface area contributed by atoms with E-state index in [2.05, 4.69) is 49.1 Å². The molecule has 2 N–H and O–H groups in total. The summed E-state index contributed by atoms with van der Waals surface area (Å²) < 4.78 is 0. The molecule has 0 bridgehead atoms. The largest absolute Gasteiger partial charge is 0.322 e. The quantitative estimate of drug-likeness (QED) is 0.863. The van der Waals surface area contributed by atoms with E-state index in [1.807, 2.05) is 0 Å². The number of hydrogen-bond donors (Lipinski definition) is 1. The van der Waals surface area contributed by atoms with Gasteiger partial charge in [0.15, 0.2) is 0 Å². The van der Waals surface area contributed by atoms with Gasteiger partial charge in [-0.15, -0.1) is 0 Å². The lowest BCUT2D eigenvalue weighted by molar-refractivity contribution is 0.0770. The Morgan fingerprint density at radius 2 is 1.67 bits per heavy atom. The average Bonchev–Trinajstić information content (AvgIpc) is 2.91. The molecule has 0 spiro atoms. The molecule has 0 aromatic heterocycles. The van der Waals surface area contributed by atoms with Crippen molar-refractivity contribution in [3.8, 4) is 0 Å². The number of rotatable bonds is 5. The SMILES string of the molecule is CCN(CC)C1([C@H](N)c2ccccc2)CCCC1. The van der Waals surface area contributed by atoms with Crippen molar-refractivity contribution in [1.29, 1.82) is 0 Å². The molecule has 1 fully saturated rings. The Hall–Kier alpha value is -0.860. The predicted molar refractivity (Wildman–Crippen MR) is 77.5 cm³/mol. The van der Waals surface area contributed by atoms with Crippen LogP contribution in [0.15, 0.2) is 30.3 Å². The Kier molecular flexibility index (Phi) is 4.41. The van der Waals surface area contributed by atoms with Crippen molar-refractivity contribution in [2.75, 3.05) is 13.1 Å². The van der Waals surface area contributed by atoms with Crippen LogP contribution in [-0.2, 0) is 0 Å². The Morgan fingerprint density at radius 3 is 2.17 bits per heavy atom. The van der Waals surface area contributed by atoms with Crippen molar-refractivity contribution >= 4 is 0 Å². The molecule has 0 saturated heterocycles. The standard InChI is InChI=1S/C16H26N2/c1-3-18(4-2)16(12-8-9-13-16)15(17)14-10-6-5-7-11-14/h5-7,10-11,15H,3-4,8-9,12-13,17H2,1-2H3/t15-/m1/s1. The first-order valence-corrected chi connectivity index (χ1v) is 7.30. The smallest absolute Gasteiger partial charge is 0.0482 e. The van der Waals surface area contributed by atoms with Gasteiger partial charge in [0, 0.05) is 11.6 Å². The lowest BCUT2D eigenvalue weighted by atomic mass is 9.82. The summed E-state index contributed by atoms with van der Waals surface area (Å²) >= 11 is 0. The predicted octanol–water partition coefficient (Wildman–Crippen LogP) is 3.34. The minimum Gasteiger partial charge on any atom is -0.322 e. The van der Waals surface area contributed by atoms with Crippen LogP contribution >= 0.6 is 0 Å². The number of nitrogens with two attached hydrogens (primary N) is 1. The van der Waals surface area contributed by atoms with Gasteiger partial charge in [0.05, 0.1) is 0 Å². The highest BCUT2D eigenvalue weighted by atomic mass is 15.2. The molecule has 0 unspecified atom stereocenters. The van der Waals surface area contributed by atoms with Crippen LogP contribution in [0.1, 0.15) is 51.1 Å². The first-order valence-electron chi connectivity index (χ1n) is 7.30. The minimum absolute atomic E-state index is 0.140. The second-order valence-electron chi connectivity index (χ2n) is 5.37. The Balaban J connectivity index is 2.30. The Labute approximate surface area is 111 Å². The van der Waals surface area contributed by atoms with Crippen LogP contribution < -0.4 is 5.73 Å². The van der Waals surface area contributed by atoms with Crippen LogP contribution in [0.5, 0.6) is 0 Å². The molecule has 1 atom stereocenters. The van der Waals surface area contributed by atoms with Crippen LogP contribution in [0.2, 0.25) is 0 Å². The molecule has 1 aliphatic carbocycles. The van der Waals surface area contributed by atoms with Crippen LogP contribution in [0, 0.1) is 0 Å². The molecule has 1 aliphatic rings. The Bertz CT molecular complexity index is 351. The fourth-order valence-corrected chi connectivity index (χ4v) is 3.64. The number of hydrogen-bond acceptors (Lipinski definition) is 2. The maximum Gasteiger partial charge on any atom is 0.0482 e. The zero-order chi connectivity index (χ0) is 13.0. The molecule has 0 amide bonds. The first-order chi connectivity index (χ1) is 8.74. The van der Waals surface area contributed by atoms with Gasteiger partial charge in [0.2, 0.25) is 0 Å². The lowest BCUT2D eigenvalue weighted by Gasteiger charge is -2.45. The van der Waals surface area contributed by atoms with Gasteiger partial charge >= 0.3 is 0 Å².